The average Bonchev–Trinajstić information content (AvgIpc) is 2.63. The van der Waals surface area contributed by atoms with E-state index in [2.05, 4.69) is 22.9 Å². The molecule has 0 amide bonds. The van der Waals surface area contributed by atoms with Crippen molar-refractivity contribution in [1.82, 2.24) is 14.9 Å². The fraction of sp³-hybridized carbons (Fsp3) is 0.500. The van der Waals surface area contributed by atoms with Crippen LogP contribution < -0.4 is 5.32 Å². The number of aryl methyl sites for hydroxylation is 1. The zero-order valence-electron chi connectivity index (χ0n) is 11.3. The highest BCUT2D eigenvalue weighted by molar-refractivity contribution is 7.85. The zero-order chi connectivity index (χ0) is 13.4. The molecular formula is C14H19N3OS. The number of para-hydroxylation sites is 2. The van der Waals surface area contributed by atoms with Gasteiger partial charge in [0.15, 0.2) is 0 Å². The highest BCUT2D eigenvalue weighted by Crippen LogP contribution is 2.22. The van der Waals surface area contributed by atoms with Crippen molar-refractivity contribution in [2.24, 2.45) is 7.05 Å². The molecule has 3 rings (SSSR count). The topological polar surface area (TPSA) is 46.9 Å². The third-order valence-corrected chi connectivity index (χ3v) is 5.15. The van der Waals surface area contributed by atoms with Crippen LogP contribution in [0.2, 0.25) is 0 Å². The number of imidazole rings is 1. The predicted octanol–water partition coefficient (Wildman–Crippen LogP) is 1.74. The third kappa shape index (κ3) is 2.44. The largest absolute Gasteiger partial charge is 0.330 e. The average molecular weight is 277 g/mol. The number of nitrogens with zero attached hydrogens (tertiary/aromatic N) is 2. The van der Waals surface area contributed by atoms with E-state index < -0.39 is 10.8 Å². The fourth-order valence-corrected chi connectivity index (χ4v) is 4.08. The second-order valence-electron chi connectivity index (χ2n) is 5.24. The van der Waals surface area contributed by atoms with Gasteiger partial charge in [-0.05, 0) is 25.5 Å². The molecule has 3 atom stereocenters. The zero-order valence-corrected chi connectivity index (χ0v) is 12.1. The Balaban J connectivity index is 2.02. The number of nitrogens with one attached hydrogen (secondary N) is 1. The van der Waals surface area contributed by atoms with Crippen LogP contribution in [0, 0.1) is 0 Å². The molecular weight excluding hydrogens is 258 g/mol. The van der Waals surface area contributed by atoms with Crippen LogP contribution in [-0.2, 0) is 17.8 Å². The molecule has 5 heteroatoms. The molecule has 0 radical (unpaired) electrons. The van der Waals surface area contributed by atoms with Crippen LogP contribution >= 0.6 is 0 Å². The Hall–Kier alpha value is -1.20. The van der Waals surface area contributed by atoms with E-state index in [1.807, 2.05) is 25.2 Å². The summed E-state index contributed by atoms with van der Waals surface area (Å²) in [6.45, 7) is 2.15. The second kappa shape index (κ2) is 5.06. The molecule has 2 aromatic rings. The lowest BCUT2D eigenvalue weighted by atomic mass is 10.2. The van der Waals surface area contributed by atoms with Gasteiger partial charge in [0.1, 0.15) is 5.82 Å². The summed E-state index contributed by atoms with van der Waals surface area (Å²) in [6.07, 6.45) is 0.965. The number of aromatic nitrogens is 2. The van der Waals surface area contributed by atoms with Crippen molar-refractivity contribution in [3.05, 3.63) is 30.1 Å². The van der Waals surface area contributed by atoms with Crippen LogP contribution in [0.3, 0.4) is 0 Å². The summed E-state index contributed by atoms with van der Waals surface area (Å²) in [4.78, 5) is 4.71. The minimum atomic E-state index is -0.755. The molecule has 1 aromatic carbocycles. The van der Waals surface area contributed by atoms with Crippen molar-refractivity contribution in [2.75, 3.05) is 11.5 Å². The van der Waals surface area contributed by atoms with E-state index in [0.717, 1.165) is 29.0 Å². The van der Waals surface area contributed by atoms with Gasteiger partial charge in [0.25, 0.3) is 0 Å². The Morgan fingerprint density at radius 2 is 2.21 bits per heavy atom. The Morgan fingerprint density at radius 3 is 3.00 bits per heavy atom. The lowest BCUT2D eigenvalue weighted by molar-refractivity contribution is 0.463. The van der Waals surface area contributed by atoms with Crippen molar-refractivity contribution >= 4 is 21.8 Å². The molecule has 0 saturated carbocycles. The molecule has 3 unspecified atom stereocenters. The number of hydrogen-bond donors (Lipinski definition) is 1. The minimum absolute atomic E-state index is 0.0794. The molecule has 102 valence electrons. The number of hydrogen-bond acceptors (Lipinski definition) is 3. The molecule has 0 spiro atoms. The van der Waals surface area contributed by atoms with Crippen LogP contribution in [0.4, 0.5) is 0 Å². The molecule has 1 N–H and O–H groups in total. The van der Waals surface area contributed by atoms with Crippen molar-refractivity contribution in [3.8, 4) is 0 Å². The van der Waals surface area contributed by atoms with E-state index in [4.69, 9.17) is 4.98 Å². The summed E-state index contributed by atoms with van der Waals surface area (Å²) in [5, 5.41) is 3.55. The molecule has 19 heavy (non-hydrogen) atoms. The molecule has 1 fully saturated rings. The quantitative estimate of drug-likeness (QED) is 0.864. The van der Waals surface area contributed by atoms with Gasteiger partial charge in [-0.1, -0.05) is 12.1 Å². The maximum absolute atomic E-state index is 12.0. The standard InChI is InChI=1S/C14H19N3OS/c1-10-7-8-19(18)9-12(15-10)14-16-11-5-3-4-6-13(11)17(14)2/h3-6,10,12,15H,7-9H2,1-2H3. The number of fused-ring (bicyclic) bond motifs is 1. The molecule has 1 saturated heterocycles. The van der Waals surface area contributed by atoms with E-state index >= 15 is 0 Å². The number of rotatable bonds is 1. The first-order valence-electron chi connectivity index (χ1n) is 6.67. The van der Waals surface area contributed by atoms with Gasteiger partial charge in [0.2, 0.25) is 0 Å². The first-order chi connectivity index (χ1) is 9.15. The van der Waals surface area contributed by atoms with Gasteiger partial charge < -0.3 is 9.88 Å². The van der Waals surface area contributed by atoms with Gasteiger partial charge in [0, 0.05) is 35.4 Å². The van der Waals surface area contributed by atoms with Gasteiger partial charge in [0.05, 0.1) is 17.1 Å². The van der Waals surface area contributed by atoms with Crippen LogP contribution in [0.1, 0.15) is 25.2 Å². The van der Waals surface area contributed by atoms with E-state index in [1.165, 1.54) is 0 Å². The summed E-state index contributed by atoms with van der Waals surface area (Å²) in [6, 6.07) is 8.58. The van der Waals surface area contributed by atoms with Gasteiger partial charge in [-0.3, -0.25) is 4.21 Å². The first kappa shape index (κ1) is 12.8. The van der Waals surface area contributed by atoms with Gasteiger partial charge in [-0.25, -0.2) is 4.98 Å². The summed E-state index contributed by atoms with van der Waals surface area (Å²) in [7, 11) is 1.28. The fourth-order valence-electron chi connectivity index (χ4n) is 2.68. The van der Waals surface area contributed by atoms with E-state index in [1.54, 1.807) is 0 Å². The van der Waals surface area contributed by atoms with Gasteiger partial charge in [-0.2, -0.15) is 0 Å². The van der Waals surface area contributed by atoms with Crippen molar-refractivity contribution in [2.45, 2.75) is 25.4 Å². The molecule has 0 bridgehead atoms. The van der Waals surface area contributed by atoms with Crippen molar-refractivity contribution < 1.29 is 4.21 Å². The first-order valence-corrected chi connectivity index (χ1v) is 8.16. The van der Waals surface area contributed by atoms with Crippen LogP contribution in [0.25, 0.3) is 11.0 Å². The smallest absolute Gasteiger partial charge is 0.127 e. The molecule has 1 aromatic heterocycles. The highest BCUT2D eigenvalue weighted by Gasteiger charge is 2.25. The second-order valence-corrected chi connectivity index (χ2v) is 6.86. The van der Waals surface area contributed by atoms with Crippen molar-refractivity contribution in [3.63, 3.8) is 0 Å². The molecule has 1 aliphatic heterocycles. The summed E-state index contributed by atoms with van der Waals surface area (Å²) < 4.78 is 14.1. The van der Waals surface area contributed by atoms with Crippen LogP contribution in [0.5, 0.6) is 0 Å². The summed E-state index contributed by atoms with van der Waals surface area (Å²) in [5.41, 5.74) is 2.13. The molecule has 1 aliphatic rings. The van der Waals surface area contributed by atoms with Crippen LogP contribution in [0.15, 0.2) is 24.3 Å². The Kier molecular flexibility index (Phi) is 3.41. The molecule has 4 nitrogen and oxygen atoms in total. The predicted molar refractivity (Wildman–Crippen MR) is 78.5 cm³/mol. The minimum Gasteiger partial charge on any atom is -0.330 e. The maximum atomic E-state index is 12.0. The van der Waals surface area contributed by atoms with Gasteiger partial charge >= 0.3 is 0 Å². The Morgan fingerprint density at radius 1 is 1.42 bits per heavy atom. The van der Waals surface area contributed by atoms with E-state index in [-0.39, 0.29) is 6.04 Å². The highest BCUT2D eigenvalue weighted by atomic mass is 32.2. The maximum Gasteiger partial charge on any atom is 0.127 e. The van der Waals surface area contributed by atoms with Crippen LogP contribution in [-0.4, -0.2) is 31.3 Å². The van der Waals surface area contributed by atoms with Gasteiger partial charge in [-0.15, -0.1) is 0 Å². The monoisotopic (exact) mass is 277 g/mol. The molecule has 2 heterocycles. The lowest BCUT2D eigenvalue weighted by Gasteiger charge is -2.18. The Labute approximate surface area is 115 Å². The normalized spacial score (nSPS) is 28.4. The summed E-state index contributed by atoms with van der Waals surface area (Å²) >= 11 is 0. The van der Waals surface area contributed by atoms with Crippen molar-refractivity contribution in [1.29, 1.82) is 0 Å². The summed E-state index contributed by atoms with van der Waals surface area (Å²) in [5.74, 6) is 2.43. The van der Waals surface area contributed by atoms with E-state index in [9.17, 15) is 4.21 Å². The van der Waals surface area contributed by atoms with E-state index in [0.29, 0.717) is 11.8 Å². The SMILES string of the molecule is CC1CCS(=O)CC(c2nc3ccccc3n2C)N1. The third-order valence-electron chi connectivity index (χ3n) is 3.75. The Bertz CT molecular complexity index is 622. The lowest BCUT2D eigenvalue weighted by Crippen LogP contribution is -2.32. The molecule has 0 aliphatic carbocycles. The number of benzene rings is 1.